The molecule has 0 heterocycles. The van der Waals surface area contributed by atoms with Crippen molar-refractivity contribution in [1.29, 1.82) is 0 Å². The summed E-state index contributed by atoms with van der Waals surface area (Å²) in [4.78, 5) is 21.2. The standard InChI is InChI=1S/C27H39ClO3.C7H10O2/c1-22(2)14-8-6-7-9-17-25(29)21-20-24(4)26(28)18-12-10-15-23(3)16-11-13-19-27(30)31-5;8-7(9)6-4-2-1-3-5-6/h6-8,10-16,18-19,22,24-25,29H,9,17,20-21H2,1-5H3;4H,1-3,5H2,(H,8,9)/b7-6+,12-10+,14-8+,16-11+,19-13+,23-15+,26-18-;. The predicted octanol–water partition coefficient (Wildman–Crippen LogP) is 8.79. The van der Waals surface area contributed by atoms with Crippen LogP contribution in [-0.4, -0.2) is 35.4 Å². The summed E-state index contributed by atoms with van der Waals surface area (Å²) in [6.45, 7) is 8.34. The molecule has 0 aliphatic heterocycles. The van der Waals surface area contributed by atoms with Crippen LogP contribution in [0.3, 0.4) is 0 Å². The molecule has 1 aliphatic carbocycles. The van der Waals surface area contributed by atoms with Gasteiger partial charge in [-0.1, -0.05) is 105 Å². The van der Waals surface area contributed by atoms with Crippen LogP contribution in [-0.2, 0) is 14.3 Å². The van der Waals surface area contributed by atoms with Crippen molar-refractivity contribution in [3.8, 4) is 0 Å². The number of hydrogen-bond acceptors (Lipinski definition) is 4. The number of aliphatic carboxylic acids is 1. The number of ether oxygens (including phenoxy) is 1. The van der Waals surface area contributed by atoms with E-state index in [0.717, 1.165) is 62.0 Å². The molecule has 0 fully saturated rings. The monoisotopic (exact) mass is 572 g/mol. The van der Waals surface area contributed by atoms with Crippen molar-refractivity contribution < 1.29 is 24.5 Å². The van der Waals surface area contributed by atoms with E-state index in [4.69, 9.17) is 16.7 Å². The molecule has 222 valence electrons. The van der Waals surface area contributed by atoms with Gasteiger partial charge in [-0.05, 0) is 76.2 Å². The summed E-state index contributed by atoms with van der Waals surface area (Å²) >= 11 is 6.38. The Morgan fingerprint density at radius 1 is 0.975 bits per heavy atom. The van der Waals surface area contributed by atoms with E-state index in [2.05, 4.69) is 43.7 Å². The van der Waals surface area contributed by atoms with Crippen molar-refractivity contribution in [2.75, 3.05) is 7.11 Å². The minimum absolute atomic E-state index is 0.207. The Kier molecular flexibility index (Phi) is 22.2. The SMILES string of the molecule is COC(=O)/C=C/C=C/C(C)=C/C=C/C=C(\Cl)C(C)CCC(O)CC/C=C/C=C/C(C)C.O=C(O)C1=CCCCC1. The molecule has 0 aromatic heterocycles. The number of hydrogen-bond donors (Lipinski definition) is 2. The zero-order valence-corrected chi connectivity index (χ0v) is 25.6. The van der Waals surface area contributed by atoms with Crippen LogP contribution in [0.1, 0.15) is 79.1 Å². The molecule has 0 bridgehead atoms. The molecule has 40 heavy (non-hydrogen) atoms. The second kappa shape index (κ2) is 24.0. The number of rotatable bonds is 15. The lowest BCUT2D eigenvalue weighted by molar-refractivity contribution is -0.135. The molecule has 6 heteroatoms. The van der Waals surface area contributed by atoms with Crippen LogP contribution in [0.5, 0.6) is 0 Å². The number of carbonyl (C=O) groups excluding carboxylic acids is 1. The maximum atomic E-state index is 11.0. The molecule has 2 unspecified atom stereocenters. The lowest BCUT2D eigenvalue weighted by Crippen LogP contribution is -2.08. The molecule has 0 spiro atoms. The number of allylic oxidation sites excluding steroid dienone is 14. The van der Waals surface area contributed by atoms with E-state index < -0.39 is 5.97 Å². The summed E-state index contributed by atoms with van der Waals surface area (Å²) in [5.41, 5.74) is 1.64. The number of aliphatic hydroxyl groups excluding tert-OH is 1. The molecule has 2 atom stereocenters. The molecule has 0 aromatic rings. The van der Waals surface area contributed by atoms with Crippen LogP contribution in [0, 0.1) is 11.8 Å². The lowest BCUT2D eigenvalue weighted by atomic mass is 10.00. The summed E-state index contributed by atoms with van der Waals surface area (Å²) in [5.74, 6) is -0.351. The second-order valence-electron chi connectivity index (χ2n) is 10.1. The van der Waals surface area contributed by atoms with Gasteiger partial charge in [0.2, 0.25) is 0 Å². The van der Waals surface area contributed by atoms with Crippen LogP contribution in [0.4, 0.5) is 0 Å². The van der Waals surface area contributed by atoms with E-state index in [9.17, 15) is 14.7 Å². The fourth-order valence-electron chi connectivity index (χ4n) is 3.49. The molecule has 5 nitrogen and oxygen atoms in total. The van der Waals surface area contributed by atoms with Crippen molar-refractivity contribution >= 4 is 23.5 Å². The number of carboxylic acid groups (broad SMARTS) is 1. The smallest absolute Gasteiger partial charge is 0.331 e. The van der Waals surface area contributed by atoms with Gasteiger partial charge in [0.15, 0.2) is 0 Å². The maximum absolute atomic E-state index is 11.0. The van der Waals surface area contributed by atoms with Crippen LogP contribution in [0.25, 0.3) is 0 Å². The van der Waals surface area contributed by atoms with E-state index in [1.54, 1.807) is 12.2 Å². The van der Waals surface area contributed by atoms with Crippen LogP contribution in [0.2, 0.25) is 0 Å². The van der Waals surface area contributed by atoms with Gasteiger partial charge in [0.25, 0.3) is 0 Å². The zero-order valence-electron chi connectivity index (χ0n) is 24.9. The third-order valence-corrected chi connectivity index (χ3v) is 6.51. The number of carbonyl (C=O) groups is 2. The van der Waals surface area contributed by atoms with E-state index in [-0.39, 0.29) is 18.0 Å². The van der Waals surface area contributed by atoms with Crippen LogP contribution >= 0.6 is 11.6 Å². The Morgan fingerprint density at radius 3 is 2.27 bits per heavy atom. The highest BCUT2D eigenvalue weighted by Gasteiger charge is 2.10. The Labute approximate surface area is 247 Å². The molecule has 2 N–H and O–H groups in total. The Bertz CT molecular complexity index is 976. The second-order valence-corrected chi connectivity index (χ2v) is 10.6. The quantitative estimate of drug-likeness (QED) is 0.116. The largest absolute Gasteiger partial charge is 0.478 e. The Morgan fingerprint density at radius 2 is 1.68 bits per heavy atom. The molecule has 0 saturated carbocycles. The van der Waals surface area contributed by atoms with Crippen molar-refractivity contribution in [2.24, 2.45) is 11.8 Å². The molecule has 1 rings (SSSR count). The number of aliphatic hydroxyl groups is 1. The fraction of sp³-hybridized carbons (Fsp3) is 0.471. The lowest BCUT2D eigenvalue weighted by Gasteiger charge is -2.13. The van der Waals surface area contributed by atoms with Gasteiger partial charge in [-0.25, -0.2) is 9.59 Å². The minimum Gasteiger partial charge on any atom is -0.478 e. The summed E-state index contributed by atoms with van der Waals surface area (Å²) in [7, 11) is 1.35. The van der Waals surface area contributed by atoms with Gasteiger partial charge in [0.05, 0.1) is 13.2 Å². The zero-order chi connectivity index (χ0) is 30.2. The summed E-state index contributed by atoms with van der Waals surface area (Å²) < 4.78 is 4.52. The number of methoxy groups -OCH3 is 1. The first kappa shape index (κ1) is 37.1. The molecule has 0 saturated heterocycles. The number of halogens is 1. The van der Waals surface area contributed by atoms with Gasteiger partial charge in [-0.15, -0.1) is 0 Å². The van der Waals surface area contributed by atoms with Gasteiger partial charge in [-0.2, -0.15) is 0 Å². The van der Waals surface area contributed by atoms with Crippen molar-refractivity contribution in [2.45, 2.75) is 85.2 Å². The molecular weight excluding hydrogens is 524 g/mol. The number of esters is 1. The predicted molar refractivity (Wildman–Crippen MR) is 168 cm³/mol. The number of carboxylic acids is 1. The van der Waals surface area contributed by atoms with Crippen molar-refractivity contribution in [3.63, 3.8) is 0 Å². The average molecular weight is 573 g/mol. The summed E-state index contributed by atoms with van der Waals surface area (Å²) in [6.07, 6.45) is 31.4. The van der Waals surface area contributed by atoms with E-state index in [0.29, 0.717) is 11.5 Å². The maximum Gasteiger partial charge on any atom is 0.331 e. The highest BCUT2D eigenvalue weighted by molar-refractivity contribution is 6.29. The molecule has 1 aliphatic rings. The Balaban J connectivity index is 0.00000141. The normalized spacial score (nSPS) is 16.6. The minimum atomic E-state index is -0.741. The third kappa shape index (κ3) is 22.0. The van der Waals surface area contributed by atoms with E-state index in [1.807, 2.05) is 49.5 Å². The first-order valence-corrected chi connectivity index (χ1v) is 14.5. The van der Waals surface area contributed by atoms with E-state index >= 15 is 0 Å². The molecule has 0 amide bonds. The van der Waals surface area contributed by atoms with Gasteiger partial charge in [-0.3, -0.25) is 0 Å². The van der Waals surface area contributed by atoms with Crippen LogP contribution < -0.4 is 0 Å². The highest BCUT2D eigenvalue weighted by atomic mass is 35.5. The topological polar surface area (TPSA) is 83.8 Å². The average Bonchev–Trinajstić information content (AvgIpc) is 2.94. The van der Waals surface area contributed by atoms with Gasteiger partial charge in [0, 0.05) is 16.7 Å². The molecular formula is C34H49ClO5. The summed E-state index contributed by atoms with van der Waals surface area (Å²) in [5, 5.41) is 19.4. The first-order chi connectivity index (χ1) is 19.1. The van der Waals surface area contributed by atoms with Crippen molar-refractivity contribution in [3.05, 3.63) is 95.2 Å². The van der Waals surface area contributed by atoms with Gasteiger partial charge < -0.3 is 14.9 Å². The first-order valence-electron chi connectivity index (χ1n) is 14.1. The van der Waals surface area contributed by atoms with E-state index in [1.165, 1.54) is 13.2 Å². The molecule has 0 radical (unpaired) electrons. The fourth-order valence-corrected chi connectivity index (χ4v) is 3.67. The van der Waals surface area contributed by atoms with Gasteiger partial charge in [0.1, 0.15) is 0 Å². The molecule has 0 aromatic carbocycles. The Hall–Kier alpha value is -2.89. The third-order valence-electron chi connectivity index (χ3n) is 6.01. The van der Waals surface area contributed by atoms with Crippen molar-refractivity contribution in [1.82, 2.24) is 0 Å². The van der Waals surface area contributed by atoms with Gasteiger partial charge >= 0.3 is 11.9 Å². The van der Waals surface area contributed by atoms with Crippen LogP contribution in [0.15, 0.2) is 95.2 Å². The highest BCUT2D eigenvalue weighted by Crippen LogP contribution is 2.22. The summed E-state index contributed by atoms with van der Waals surface area (Å²) in [6, 6.07) is 0.